The molecule has 0 saturated heterocycles. The van der Waals surface area contributed by atoms with Crippen LogP contribution in [0.2, 0.25) is 0 Å². The van der Waals surface area contributed by atoms with Crippen LogP contribution in [-0.4, -0.2) is 18.5 Å². The van der Waals surface area contributed by atoms with Crippen molar-refractivity contribution in [1.82, 2.24) is 0 Å². The zero-order valence-electron chi connectivity index (χ0n) is 17.2. The Morgan fingerprint density at radius 3 is 2.25 bits per heavy atom. The lowest BCUT2D eigenvalue weighted by atomic mass is 10.1. The predicted molar refractivity (Wildman–Crippen MR) is 118 cm³/mol. The van der Waals surface area contributed by atoms with Gasteiger partial charge in [0.1, 0.15) is 10.6 Å². The summed E-state index contributed by atoms with van der Waals surface area (Å²) in [7, 11) is 0. The fourth-order valence-corrected chi connectivity index (χ4v) is 4.43. The van der Waals surface area contributed by atoms with Gasteiger partial charge in [0, 0.05) is 16.5 Å². The summed E-state index contributed by atoms with van der Waals surface area (Å²) < 4.78 is 6.17. The maximum atomic E-state index is 12.4. The van der Waals surface area contributed by atoms with Crippen molar-refractivity contribution < 1.29 is 14.3 Å². The average Bonchev–Trinajstić information content (AvgIpc) is 3.04. The molecule has 0 saturated carbocycles. The number of carbonyl (C=O) groups is 2. The van der Waals surface area contributed by atoms with E-state index in [4.69, 9.17) is 4.74 Å². The fourth-order valence-electron chi connectivity index (χ4n) is 3.32. The number of benzene rings is 1. The second-order valence-electron chi connectivity index (χ2n) is 7.15. The Bertz CT molecular complexity index is 753. The lowest BCUT2D eigenvalue weighted by Crippen LogP contribution is -2.14. The van der Waals surface area contributed by atoms with E-state index in [1.165, 1.54) is 56.3 Å². The number of nitrogens with one attached hydrogen (secondary N) is 1. The fraction of sp³-hybridized carbons (Fsp3) is 0.565. The standard InChI is InChI=1S/C23H33NO3S/c1-3-5-6-7-8-9-10-11-12-17-20(25)24-22-21(23(26)27-4-2)18-15-13-14-16-19(18)28-22/h13-16H,3-12,17H2,1-2H3,(H,24,25). The number of carbonyl (C=O) groups excluding carboxylic acids is 2. The Labute approximate surface area is 172 Å². The number of amides is 1. The molecule has 0 aliphatic carbocycles. The van der Waals surface area contributed by atoms with Crippen molar-refractivity contribution in [2.45, 2.75) is 78.1 Å². The Morgan fingerprint density at radius 2 is 1.57 bits per heavy atom. The maximum Gasteiger partial charge on any atom is 0.341 e. The zero-order valence-corrected chi connectivity index (χ0v) is 18.0. The molecular weight excluding hydrogens is 370 g/mol. The SMILES string of the molecule is CCCCCCCCCCCC(=O)Nc1sc2ccccc2c1C(=O)OCC. The van der Waals surface area contributed by atoms with Gasteiger partial charge >= 0.3 is 5.97 Å². The number of thiophene rings is 1. The quantitative estimate of drug-likeness (QED) is 0.291. The van der Waals surface area contributed by atoms with E-state index in [0.29, 0.717) is 23.6 Å². The Hall–Kier alpha value is -1.88. The summed E-state index contributed by atoms with van der Waals surface area (Å²) in [5.41, 5.74) is 0.475. The summed E-state index contributed by atoms with van der Waals surface area (Å²) in [6.07, 6.45) is 11.5. The predicted octanol–water partition coefficient (Wildman–Crippen LogP) is 6.94. The first kappa shape index (κ1) is 22.4. The summed E-state index contributed by atoms with van der Waals surface area (Å²) in [6, 6.07) is 7.68. The lowest BCUT2D eigenvalue weighted by Gasteiger charge is -2.07. The molecule has 0 bridgehead atoms. The molecule has 2 aromatic rings. The third-order valence-electron chi connectivity index (χ3n) is 4.84. The third-order valence-corrected chi connectivity index (χ3v) is 5.92. The van der Waals surface area contributed by atoms with E-state index in [9.17, 15) is 9.59 Å². The van der Waals surface area contributed by atoms with Crippen LogP contribution in [0.5, 0.6) is 0 Å². The molecule has 28 heavy (non-hydrogen) atoms. The average molecular weight is 404 g/mol. The van der Waals surface area contributed by atoms with Gasteiger partial charge in [-0.25, -0.2) is 4.79 Å². The molecule has 1 aromatic heterocycles. The molecule has 4 nitrogen and oxygen atoms in total. The number of unbranched alkanes of at least 4 members (excludes halogenated alkanes) is 8. The smallest absolute Gasteiger partial charge is 0.341 e. The van der Waals surface area contributed by atoms with Crippen LogP contribution in [-0.2, 0) is 9.53 Å². The monoisotopic (exact) mass is 403 g/mol. The summed E-state index contributed by atoms with van der Waals surface area (Å²) in [5.74, 6) is -0.404. The van der Waals surface area contributed by atoms with Crippen molar-refractivity contribution in [1.29, 1.82) is 0 Å². The van der Waals surface area contributed by atoms with Crippen molar-refractivity contribution in [3.05, 3.63) is 29.8 Å². The number of fused-ring (bicyclic) bond motifs is 1. The van der Waals surface area contributed by atoms with Gasteiger partial charge < -0.3 is 10.1 Å². The maximum absolute atomic E-state index is 12.4. The van der Waals surface area contributed by atoms with Crippen LogP contribution in [0.4, 0.5) is 5.00 Å². The number of rotatable bonds is 13. The summed E-state index contributed by atoms with van der Waals surface area (Å²) in [5, 5.41) is 4.38. The van der Waals surface area contributed by atoms with Gasteiger partial charge in [-0.3, -0.25) is 4.79 Å². The van der Waals surface area contributed by atoms with E-state index in [1.807, 2.05) is 24.3 Å². The number of esters is 1. The molecule has 154 valence electrons. The molecule has 0 aliphatic rings. The Kier molecular flexibility index (Phi) is 10.0. The molecule has 1 N–H and O–H groups in total. The first-order valence-corrected chi connectivity index (χ1v) is 11.5. The van der Waals surface area contributed by atoms with Crippen LogP contribution in [0, 0.1) is 0 Å². The van der Waals surface area contributed by atoms with Gasteiger partial charge in [0.15, 0.2) is 0 Å². The molecule has 0 unspecified atom stereocenters. The molecule has 0 aliphatic heterocycles. The normalized spacial score (nSPS) is 10.9. The molecule has 0 radical (unpaired) electrons. The first-order valence-electron chi connectivity index (χ1n) is 10.7. The van der Waals surface area contributed by atoms with Crippen LogP contribution < -0.4 is 5.32 Å². The second kappa shape index (κ2) is 12.6. The highest BCUT2D eigenvalue weighted by molar-refractivity contribution is 7.23. The number of hydrogen-bond donors (Lipinski definition) is 1. The van der Waals surface area contributed by atoms with Gasteiger partial charge in [0.05, 0.1) is 6.61 Å². The molecule has 0 spiro atoms. The van der Waals surface area contributed by atoms with E-state index in [1.54, 1.807) is 6.92 Å². The minimum Gasteiger partial charge on any atom is -0.462 e. The largest absolute Gasteiger partial charge is 0.462 e. The van der Waals surface area contributed by atoms with E-state index in [-0.39, 0.29) is 11.9 Å². The van der Waals surface area contributed by atoms with E-state index in [0.717, 1.165) is 22.9 Å². The zero-order chi connectivity index (χ0) is 20.2. The number of ether oxygens (including phenoxy) is 1. The van der Waals surface area contributed by atoms with Crippen molar-refractivity contribution in [2.75, 3.05) is 11.9 Å². The van der Waals surface area contributed by atoms with Gasteiger partial charge in [-0.2, -0.15) is 0 Å². The third kappa shape index (κ3) is 6.93. The minimum atomic E-state index is -0.377. The van der Waals surface area contributed by atoms with E-state index < -0.39 is 0 Å². The van der Waals surface area contributed by atoms with Crippen molar-refractivity contribution >= 4 is 38.3 Å². The summed E-state index contributed by atoms with van der Waals surface area (Å²) in [4.78, 5) is 24.8. The molecule has 2 rings (SSSR count). The Balaban J connectivity index is 1.81. The first-order chi connectivity index (χ1) is 13.7. The van der Waals surface area contributed by atoms with Crippen LogP contribution in [0.1, 0.15) is 88.4 Å². The lowest BCUT2D eigenvalue weighted by molar-refractivity contribution is -0.116. The Morgan fingerprint density at radius 1 is 0.929 bits per heavy atom. The van der Waals surface area contributed by atoms with Gasteiger partial charge in [0.2, 0.25) is 5.91 Å². The highest BCUT2D eigenvalue weighted by Crippen LogP contribution is 2.36. The topological polar surface area (TPSA) is 55.4 Å². The molecule has 0 atom stereocenters. The summed E-state index contributed by atoms with van der Waals surface area (Å²) >= 11 is 1.43. The highest BCUT2D eigenvalue weighted by atomic mass is 32.1. The minimum absolute atomic E-state index is 0.0277. The van der Waals surface area contributed by atoms with E-state index >= 15 is 0 Å². The van der Waals surface area contributed by atoms with Crippen molar-refractivity contribution in [2.24, 2.45) is 0 Å². The molecular formula is C23H33NO3S. The van der Waals surface area contributed by atoms with Crippen LogP contribution in [0.25, 0.3) is 10.1 Å². The van der Waals surface area contributed by atoms with E-state index in [2.05, 4.69) is 12.2 Å². The van der Waals surface area contributed by atoms with Gasteiger partial charge in [-0.05, 0) is 19.4 Å². The molecule has 1 amide bonds. The second-order valence-corrected chi connectivity index (χ2v) is 8.20. The van der Waals surface area contributed by atoms with Crippen LogP contribution in [0.15, 0.2) is 24.3 Å². The number of anilines is 1. The van der Waals surface area contributed by atoms with Crippen LogP contribution >= 0.6 is 11.3 Å². The van der Waals surface area contributed by atoms with Gasteiger partial charge in [0.25, 0.3) is 0 Å². The van der Waals surface area contributed by atoms with Crippen molar-refractivity contribution in [3.63, 3.8) is 0 Å². The molecule has 5 heteroatoms. The highest BCUT2D eigenvalue weighted by Gasteiger charge is 2.21. The molecule has 1 heterocycles. The van der Waals surface area contributed by atoms with Crippen molar-refractivity contribution in [3.8, 4) is 0 Å². The van der Waals surface area contributed by atoms with Gasteiger partial charge in [-0.15, -0.1) is 11.3 Å². The molecule has 0 fully saturated rings. The number of hydrogen-bond acceptors (Lipinski definition) is 4. The summed E-state index contributed by atoms with van der Waals surface area (Å²) in [6.45, 7) is 4.34. The molecule has 1 aromatic carbocycles. The van der Waals surface area contributed by atoms with Crippen LogP contribution in [0.3, 0.4) is 0 Å². The van der Waals surface area contributed by atoms with Gasteiger partial charge in [-0.1, -0.05) is 76.5 Å².